The summed E-state index contributed by atoms with van der Waals surface area (Å²) in [5.41, 5.74) is -1.04. The van der Waals surface area contributed by atoms with Crippen LogP contribution in [0.4, 0.5) is 0 Å². The minimum absolute atomic E-state index is 0.0322. The molecular formula is C12H23NO3. The van der Waals surface area contributed by atoms with Gasteiger partial charge in [0.1, 0.15) is 0 Å². The number of nitrogens with one attached hydrogen (secondary N) is 1. The van der Waals surface area contributed by atoms with Crippen molar-refractivity contribution in [3.63, 3.8) is 0 Å². The second-order valence-corrected chi connectivity index (χ2v) is 5.04. The van der Waals surface area contributed by atoms with Crippen LogP contribution in [0.2, 0.25) is 0 Å². The third-order valence-electron chi connectivity index (χ3n) is 3.61. The number of rotatable bonds is 6. The first-order chi connectivity index (χ1) is 7.43. The number of aliphatic hydroxyl groups is 1. The zero-order valence-corrected chi connectivity index (χ0v) is 10.5. The summed E-state index contributed by atoms with van der Waals surface area (Å²) < 4.78 is 5.38. The summed E-state index contributed by atoms with van der Waals surface area (Å²) >= 11 is 0. The predicted octanol–water partition coefficient (Wildman–Crippen LogP) is 1.22. The van der Waals surface area contributed by atoms with Crippen molar-refractivity contribution >= 4 is 5.91 Å². The van der Waals surface area contributed by atoms with Gasteiger partial charge in [-0.15, -0.1) is 0 Å². The number of carbonyl (C=O) groups is 1. The zero-order valence-electron chi connectivity index (χ0n) is 10.5. The molecule has 0 aromatic heterocycles. The largest absolute Gasteiger partial charge is 0.388 e. The van der Waals surface area contributed by atoms with Crippen molar-refractivity contribution in [1.82, 2.24) is 5.32 Å². The van der Waals surface area contributed by atoms with E-state index in [-0.39, 0.29) is 11.5 Å². The molecular weight excluding hydrogens is 206 g/mol. The number of hydrogen-bond donors (Lipinski definition) is 2. The summed E-state index contributed by atoms with van der Waals surface area (Å²) in [4.78, 5) is 11.7. The molecule has 4 heteroatoms. The van der Waals surface area contributed by atoms with Gasteiger partial charge in [-0.2, -0.15) is 0 Å². The molecule has 0 aliphatic heterocycles. The Morgan fingerprint density at radius 2 is 2.19 bits per heavy atom. The quantitative estimate of drug-likeness (QED) is 0.720. The summed E-state index contributed by atoms with van der Waals surface area (Å²) in [6.07, 6.45) is 4.09. The molecule has 0 saturated heterocycles. The molecule has 2 N–H and O–H groups in total. The van der Waals surface area contributed by atoms with E-state index in [2.05, 4.69) is 5.32 Å². The van der Waals surface area contributed by atoms with Crippen LogP contribution in [0.25, 0.3) is 0 Å². The molecule has 16 heavy (non-hydrogen) atoms. The standard InChI is InChI=1S/C12H23NO3/c1-4-11(2,15)9-13-10(14)8-12(16-3)6-5-7-12/h15H,4-9H2,1-3H3,(H,13,14). The Bertz CT molecular complexity index is 241. The molecule has 1 amide bonds. The van der Waals surface area contributed by atoms with Crippen LogP contribution in [0, 0.1) is 0 Å². The van der Waals surface area contributed by atoms with Crippen molar-refractivity contribution in [3.05, 3.63) is 0 Å². The highest BCUT2D eigenvalue weighted by molar-refractivity contribution is 5.77. The van der Waals surface area contributed by atoms with Gasteiger partial charge in [0.15, 0.2) is 0 Å². The van der Waals surface area contributed by atoms with Gasteiger partial charge in [0.2, 0.25) is 5.91 Å². The van der Waals surface area contributed by atoms with Crippen LogP contribution in [-0.2, 0) is 9.53 Å². The topological polar surface area (TPSA) is 58.6 Å². The Hall–Kier alpha value is -0.610. The van der Waals surface area contributed by atoms with Gasteiger partial charge in [0.25, 0.3) is 0 Å². The number of amides is 1. The fourth-order valence-electron chi connectivity index (χ4n) is 1.79. The highest BCUT2D eigenvalue weighted by Gasteiger charge is 2.39. The molecule has 1 saturated carbocycles. The predicted molar refractivity (Wildman–Crippen MR) is 62.1 cm³/mol. The first kappa shape index (κ1) is 13.5. The summed E-state index contributed by atoms with van der Waals surface area (Å²) in [5, 5.41) is 12.5. The molecule has 0 heterocycles. The molecule has 4 nitrogen and oxygen atoms in total. The molecule has 1 fully saturated rings. The lowest BCUT2D eigenvalue weighted by molar-refractivity contribution is -0.135. The van der Waals surface area contributed by atoms with E-state index in [0.717, 1.165) is 19.3 Å². The maximum absolute atomic E-state index is 11.7. The molecule has 1 rings (SSSR count). The van der Waals surface area contributed by atoms with Gasteiger partial charge < -0.3 is 15.2 Å². The Kier molecular flexibility index (Phi) is 4.33. The van der Waals surface area contributed by atoms with Crippen LogP contribution in [0.5, 0.6) is 0 Å². The van der Waals surface area contributed by atoms with Gasteiger partial charge in [0, 0.05) is 13.7 Å². The molecule has 0 bridgehead atoms. The van der Waals surface area contributed by atoms with Crippen LogP contribution in [0.3, 0.4) is 0 Å². The number of hydrogen-bond acceptors (Lipinski definition) is 3. The third kappa shape index (κ3) is 3.46. The zero-order chi connectivity index (χ0) is 12.2. The van der Waals surface area contributed by atoms with Crippen LogP contribution in [-0.4, -0.2) is 35.9 Å². The van der Waals surface area contributed by atoms with E-state index in [0.29, 0.717) is 19.4 Å². The SMILES string of the molecule is CCC(C)(O)CNC(=O)CC1(OC)CCC1. The second-order valence-electron chi connectivity index (χ2n) is 5.04. The number of ether oxygens (including phenoxy) is 1. The Morgan fingerprint density at radius 3 is 2.56 bits per heavy atom. The lowest BCUT2D eigenvalue weighted by Crippen LogP contribution is -2.46. The maximum Gasteiger partial charge on any atom is 0.223 e. The van der Waals surface area contributed by atoms with E-state index in [9.17, 15) is 9.90 Å². The molecule has 0 aromatic rings. The second kappa shape index (κ2) is 5.15. The molecule has 1 unspecified atom stereocenters. The van der Waals surface area contributed by atoms with E-state index in [1.165, 1.54) is 0 Å². The van der Waals surface area contributed by atoms with Gasteiger partial charge in [-0.05, 0) is 32.6 Å². The third-order valence-corrected chi connectivity index (χ3v) is 3.61. The normalized spacial score (nSPS) is 22.0. The monoisotopic (exact) mass is 229 g/mol. The van der Waals surface area contributed by atoms with Crippen LogP contribution >= 0.6 is 0 Å². The van der Waals surface area contributed by atoms with Crippen molar-refractivity contribution < 1.29 is 14.6 Å². The van der Waals surface area contributed by atoms with E-state index in [1.807, 2.05) is 6.92 Å². The summed E-state index contributed by atoms with van der Waals surface area (Å²) in [6, 6.07) is 0. The van der Waals surface area contributed by atoms with Gasteiger partial charge in [0.05, 0.1) is 17.6 Å². The van der Waals surface area contributed by atoms with Crippen LogP contribution in [0.15, 0.2) is 0 Å². The fraction of sp³-hybridized carbons (Fsp3) is 0.917. The van der Waals surface area contributed by atoms with E-state index in [1.54, 1.807) is 14.0 Å². The van der Waals surface area contributed by atoms with Gasteiger partial charge >= 0.3 is 0 Å². The minimum Gasteiger partial charge on any atom is -0.388 e. The van der Waals surface area contributed by atoms with Crippen molar-refractivity contribution in [3.8, 4) is 0 Å². The van der Waals surface area contributed by atoms with E-state index < -0.39 is 5.60 Å². The average Bonchev–Trinajstić information content (AvgIpc) is 2.21. The molecule has 1 aliphatic rings. The molecule has 0 radical (unpaired) electrons. The smallest absolute Gasteiger partial charge is 0.223 e. The van der Waals surface area contributed by atoms with Gasteiger partial charge in [-0.3, -0.25) is 4.79 Å². The fourth-order valence-corrected chi connectivity index (χ4v) is 1.79. The Morgan fingerprint density at radius 1 is 1.56 bits per heavy atom. The summed E-state index contributed by atoms with van der Waals surface area (Å²) in [6.45, 7) is 3.93. The van der Waals surface area contributed by atoms with Crippen molar-refractivity contribution in [2.45, 2.75) is 57.2 Å². The molecule has 1 atom stereocenters. The first-order valence-corrected chi connectivity index (χ1v) is 5.97. The van der Waals surface area contributed by atoms with Crippen molar-refractivity contribution in [2.24, 2.45) is 0 Å². The summed E-state index contributed by atoms with van der Waals surface area (Å²) in [5.74, 6) is -0.0322. The molecule has 94 valence electrons. The molecule has 0 aromatic carbocycles. The Balaban J connectivity index is 2.31. The van der Waals surface area contributed by atoms with Crippen LogP contribution < -0.4 is 5.32 Å². The first-order valence-electron chi connectivity index (χ1n) is 5.97. The lowest BCUT2D eigenvalue weighted by Gasteiger charge is -2.40. The maximum atomic E-state index is 11.7. The number of methoxy groups -OCH3 is 1. The van der Waals surface area contributed by atoms with Crippen LogP contribution in [0.1, 0.15) is 46.0 Å². The molecule has 1 aliphatic carbocycles. The highest BCUT2D eigenvalue weighted by atomic mass is 16.5. The van der Waals surface area contributed by atoms with Crippen molar-refractivity contribution in [1.29, 1.82) is 0 Å². The van der Waals surface area contributed by atoms with Crippen molar-refractivity contribution in [2.75, 3.05) is 13.7 Å². The van der Waals surface area contributed by atoms with Gasteiger partial charge in [-0.25, -0.2) is 0 Å². The van der Waals surface area contributed by atoms with E-state index in [4.69, 9.17) is 4.74 Å². The summed E-state index contributed by atoms with van der Waals surface area (Å²) in [7, 11) is 1.66. The highest BCUT2D eigenvalue weighted by Crippen LogP contribution is 2.37. The average molecular weight is 229 g/mol. The van der Waals surface area contributed by atoms with E-state index >= 15 is 0 Å². The molecule has 0 spiro atoms. The lowest BCUT2D eigenvalue weighted by atomic mass is 9.77. The number of carbonyl (C=O) groups excluding carboxylic acids is 1. The van der Waals surface area contributed by atoms with Gasteiger partial charge in [-0.1, -0.05) is 6.92 Å². The minimum atomic E-state index is -0.810. The Labute approximate surface area is 97.4 Å².